The molecule has 0 aromatic carbocycles. The van der Waals surface area contributed by atoms with E-state index in [2.05, 4.69) is 21.8 Å². The topological polar surface area (TPSA) is 58.1 Å². The number of nitrogens with one attached hydrogen (secondary N) is 1. The van der Waals surface area contributed by atoms with Gasteiger partial charge in [-0.05, 0) is 50.3 Å². The summed E-state index contributed by atoms with van der Waals surface area (Å²) in [5.74, 6) is 0.805. The SMILES string of the molecule is CCNCC1CCN(C(=O)c2snnc2C)CC1. The van der Waals surface area contributed by atoms with Gasteiger partial charge in [0.15, 0.2) is 0 Å². The van der Waals surface area contributed by atoms with E-state index in [-0.39, 0.29) is 5.91 Å². The Hall–Kier alpha value is -1.01. The van der Waals surface area contributed by atoms with E-state index in [1.165, 1.54) is 11.5 Å². The molecule has 1 aliphatic rings. The van der Waals surface area contributed by atoms with Crippen LogP contribution in [0.5, 0.6) is 0 Å². The van der Waals surface area contributed by atoms with Crippen LogP contribution in [-0.4, -0.2) is 46.6 Å². The van der Waals surface area contributed by atoms with Gasteiger partial charge < -0.3 is 10.2 Å². The molecule has 1 N–H and O–H groups in total. The van der Waals surface area contributed by atoms with Crippen LogP contribution in [-0.2, 0) is 0 Å². The molecule has 1 saturated heterocycles. The first kappa shape index (κ1) is 13.4. The van der Waals surface area contributed by atoms with Gasteiger partial charge in [-0.25, -0.2) is 0 Å². The van der Waals surface area contributed by atoms with Crippen molar-refractivity contribution in [3.63, 3.8) is 0 Å². The summed E-state index contributed by atoms with van der Waals surface area (Å²) < 4.78 is 3.83. The van der Waals surface area contributed by atoms with Crippen molar-refractivity contribution in [2.24, 2.45) is 5.92 Å². The van der Waals surface area contributed by atoms with Gasteiger partial charge in [-0.2, -0.15) is 0 Å². The fourth-order valence-electron chi connectivity index (χ4n) is 2.26. The minimum absolute atomic E-state index is 0.101. The Morgan fingerprint density at radius 2 is 2.22 bits per heavy atom. The first-order valence-corrected chi connectivity index (χ1v) is 7.28. The number of carbonyl (C=O) groups is 1. The largest absolute Gasteiger partial charge is 0.338 e. The van der Waals surface area contributed by atoms with Crippen LogP contribution in [0.1, 0.15) is 35.1 Å². The Morgan fingerprint density at radius 3 is 2.78 bits per heavy atom. The lowest BCUT2D eigenvalue weighted by molar-refractivity contribution is 0.0694. The summed E-state index contributed by atoms with van der Waals surface area (Å²) in [6.07, 6.45) is 2.17. The molecule has 0 aliphatic carbocycles. The van der Waals surface area contributed by atoms with Gasteiger partial charge >= 0.3 is 0 Å². The highest BCUT2D eigenvalue weighted by Crippen LogP contribution is 2.20. The molecule has 1 amide bonds. The number of rotatable bonds is 4. The molecule has 0 saturated carbocycles. The number of aromatic nitrogens is 2. The van der Waals surface area contributed by atoms with Crippen LogP contribution in [0.15, 0.2) is 0 Å². The summed E-state index contributed by atoms with van der Waals surface area (Å²) in [7, 11) is 0. The van der Waals surface area contributed by atoms with Gasteiger partial charge in [-0.3, -0.25) is 4.79 Å². The van der Waals surface area contributed by atoms with Crippen LogP contribution in [0.3, 0.4) is 0 Å². The Balaban J connectivity index is 1.86. The third-order valence-corrected chi connectivity index (χ3v) is 4.25. The minimum atomic E-state index is 0.101. The van der Waals surface area contributed by atoms with Crippen molar-refractivity contribution in [2.75, 3.05) is 26.2 Å². The third-order valence-electron chi connectivity index (χ3n) is 3.43. The van der Waals surface area contributed by atoms with Crippen molar-refractivity contribution in [3.8, 4) is 0 Å². The van der Waals surface area contributed by atoms with Gasteiger partial charge in [-0.15, -0.1) is 5.10 Å². The van der Waals surface area contributed by atoms with E-state index < -0.39 is 0 Å². The number of nitrogens with zero attached hydrogens (tertiary/aromatic N) is 3. The Labute approximate surface area is 112 Å². The van der Waals surface area contributed by atoms with Gasteiger partial charge in [-0.1, -0.05) is 11.4 Å². The lowest BCUT2D eigenvalue weighted by Gasteiger charge is -2.31. The molecule has 1 fully saturated rings. The molecule has 1 aromatic rings. The predicted molar refractivity (Wildman–Crippen MR) is 71.8 cm³/mol. The lowest BCUT2D eigenvalue weighted by atomic mass is 9.96. The zero-order valence-electron chi connectivity index (χ0n) is 11.0. The van der Waals surface area contributed by atoms with Crippen molar-refractivity contribution in [3.05, 3.63) is 10.6 Å². The predicted octanol–water partition coefficient (Wildman–Crippen LogP) is 1.31. The molecule has 1 aliphatic heterocycles. The Kier molecular flexibility index (Phi) is 4.66. The summed E-state index contributed by atoms with van der Waals surface area (Å²) >= 11 is 1.20. The van der Waals surface area contributed by atoms with Gasteiger partial charge in [0.25, 0.3) is 5.91 Å². The summed E-state index contributed by atoms with van der Waals surface area (Å²) in [6.45, 7) is 7.76. The molecule has 0 spiro atoms. The molecule has 0 bridgehead atoms. The summed E-state index contributed by atoms with van der Waals surface area (Å²) in [5.41, 5.74) is 0.750. The van der Waals surface area contributed by atoms with Crippen LogP contribution < -0.4 is 5.32 Å². The molecule has 1 aromatic heterocycles. The van der Waals surface area contributed by atoms with Gasteiger partial charge in [0.2, 0.25) is 0 Å². The van der Waals surface area contributed by atoms with Gasteiger partial charge in [0, 0.05) is 13.1 Å². The minimum Gasteiger partial charge on any atom is -0.338 e. The van der Waals surface area contributed by atoms with Crippen LogP contribution >= 0.6 is 11.5 Å². The molecule has 100 valence electrons. The molecular weight excluding hydrogens is 248 g/mol. The number of likely N-dealkylation sites (tertiary alicyclic amines) is 1. The van der Waals surface area contributed by atoms with E-state index in [9.17, 15) is 4.79 Å². The van der Waals surface area contributed by atoms with E-state index in [1.807, 2.05) is 11.8 Å². The number of hydrogen-bond acceptors (Lipinski definition) is 5. The average molecular weight is 268 g/mol. The number of piperidine rings is 1. The van der Waals surface area contributed by atoms with Crippen molar-refractivity contribution < 1.29 is 4.79 Å². The molecule has 0 radical (unpaired) electrons. The van der Waals surface area contributed by atoms with Crippen molar-refractivity contribution >= 4 is 17.4 Å². The van der Waals surface area contributed by atoms with Crippen molar-refractivity contribution in [1.29, 1.82) is 0 Å². The van der Waals surface area contributed by atoms with E-state index in [0.29, 0.717) is 10.8 Å². The molecule has 0 unspecified atom stereocenters. The maximum absolute atomic E-state index is 12.2. The third kappa shape index (κ3) is 3.05. The van der Waals surface area contributed by atoms with Crippen LogP contribution in [0, 0.1) is 12.8 Å². The maximum atomic E-state index is 12.2. The van der Waals surface area contributed by atoms with Crippen molar-refractivity contribution in [2.45, 2.75) is 26.7 Å². The van der Waals surface area contributed by atoms with E-state index in [0.717, 1.165) is 44.7 Å². The molecule has 18 heavy (non-hydrogen) atoms. The summed E-state index contributed by atoms with van der Waals surface area (Å²) in [5, 5.41) is 7.28. The quantitative estimate of drug-likeness (QED) is 0.894. The fraction of sp³-hybridized carbons (Fsp3) is 0.750. The highest BCUT2D eigenvalue weighted by atomic mass is 32.1. The van der Waals surface area contributed by atoms with E-state index in [1.54, 1.807) is 0 Å². The molecular formula is C12H20N4OS. The van der Waals surface area contributed by atoms with Crippen molar-refractivity contribution in [1.82, 2.24) is 19.8 Å². The zero-order chi connectivity index (χ0) is 13.0. The number of carbonyl (C=O) groups excluding carboxylic acids is 1. The van der Waals surface area contributed by atoms with Gasteiger partial charge in [0.05, 0.1) is 5.69 Å². The smallest absolute Gasteiger partial charge is 0.267 e. The zero-order valence-corrected chi connectivity index (χ0v) is 11.8. The maximum Gasteiger partial charge on any atom is 0.267 e. The lowest BCUT2D eigenvalue weighted by Crippen LogP contribution is -2.40. The van der Waals surface area contributed by atoms with Gasteiger partial charge in [0.1, 0.15) is 4.88 Å². The van der Waals surface area contributed by atoms with E-state index in [4.69, 9.17) is 0 Å². The summed E-state index contributed by atoms with van der Waals surface area (Å²) in [6, 6.07) is 0. The first-order chi connectivity index (χ1) is 8.72. The Morgan fingerprint density at radius 1 is 1.50 bits per heavy atom. The molecule has 2 heterocycles. The molecule has 5 nitrogen and oxygen atoms in total. The fourth-order valence-corrected chi connectivity index (χ4v) is 2.89. The standard InChI is InChI=1S/C12H20N4OS/c1-3-13-8-10-4-6-16(7-5-10)12(17)11-9(2)14-15-18-11/h10,13H,3-8H2,1-2H3. The highest BCUT2D eigenvalue weighted by Gasteiger charge is 2.25. The second-order valence-electron chi connectivity index (χ2n) is 4.73. The average Bonchev–Trinajstić information content (AvgIpc) is 2.82. The molecule has 2 rings (SSSR count). The monoisotopic (exact) mass is 268 g/mol. The number of aryl methyl sites for hydroxylation is 1. The first-order valence-electron chi connectivity index (χ1n) is 6.51. The molecule has 0 atom stereocenters. The second kappa shape index (κ2) is 6.24. The number of amides is 1. The Bertz CT molecular complexity index is 399. The molecule has 6 heteroatoms. The van der Waals surface area contributed by atoms with Crippen LogP contribution in [0.25, 0.3) is 0 Å². The number of hydrogen-bond donors (Lipinski definition) is 1. The van der Waals surface area contributed by atoms with Crippen LogP contribution in [0.2, 0.25) is 0 Å². The van der Waals surface area contributed by atoms with Crippen LogP contribution in [0.4, 0.5) is 0 Å². The normalized spacial score (nSPS) is 17.1. The van der Waals surface area contributed by atoms with E-state index >= 15 is 0 Å². The summed E-state index contributed by atoms with van der Waals surface area (Å²) in [4.78, 5) is 14.9. The second-order valence-corrected chi connectivity index (χ2v) is 5.48. The highest BCUT2D eigenvalue weighted by molar-refractivity contribution is 7.07.